The molecular weight excluding hydrogens is 200 g/mol. The van der Waals surface area contributed by atoms with E-state index in [1.807, 2.05) is 7.11 Å². The Balaban J connectivity index is 2.39. The van der Waals surface area contributed by atoms with E-state index < -0.39 is 0 Å². The molecule has 0 aliphatic carbocycles. The van der Waals surface area contributed by atoms with E-state index in [4.69, 9.17) is 4.74 Å². The fourth-order valence-corrected chi connectivity index (χ4v) is 2.69. The molecule has 0 aromatic heterocycles. The summed E-state index contributed by atoms with van der Waals surface area (Å²) in [5, 5.41) is 3.58. The van der Waals surface area contributed by atoms with Crippen LogP contribution in [0.25, 0.3) is 0 Å². The molecule has 0 amide bonds. The number of methoxy groups -OCH3 is 1. The van der Waals surface area contributed by atoms with Gasteiger partial charge in [-0.3, -0.25) is 4.90 Å². The quantitative estimate of drug-likeness (QED) is 0.751. The van der Waals surface area contributed by atoms with E-state index in [-0.39, 0.29) is 0 Å². The van der Waals surface area contributed by atoms with E-state index >= 15 is 0 Å². The molecule has 16 heavy (non-hydrogen) atoms. The molecule has 2 atom stereocenters. The predicted octanol–water partition coefficient (Wildman–Crippen LogP) is 1.87. The Morgan fingerprint density at radius 2 is 1.94 bits per heavy atom. The zero-order valence-corrected chi connectivity index (χ0v) is 11.3. The lowest BCUT2D eigenvalue weighted by atomic mass is 10.0. The SMILES string of the molecule is CCNC(CC)C(C)N1CCC(OC)CC1. The number of nitrogens with zero attached hydrogens (tertiary/aromatic N) is 1. The number of hydrogen-bond acceptors (Lipinski definition) is 3. The van der Waals surface area contributed by atoms with Crippen LogP contribution in [0, 0.1) is 0 Å². The molecule has 0 bridgehead atoms. The molecule has 96 valence electrons. The van der Waals surface area contributed by atoms with Crippen molar-refractivity contribution in [3.05, 3.63) is 0 Å². The first kappa shape index (κ1) is 13.9. The summed E-state index contributed by atoms with van der Waals surface area (Å²) in [6, 6.07) is 1.27. The Morgan fingerprint density at radius 1 is 1.31 bits per heavy atom. The molecule has 1 fully saturated rings. The van der Waals surface area contributed by atoms with E-state index in [2.05, 4.69) is 31.0 Å². The van der Waals surface area contributed by atoms with Gasteiger partial charge in [0.05, 0.1) is 6.10 Å². The molecule has 1 aliphatic rings. The molecule has 1 aliphatic heterocycles. The lowest BCUT2D eigenvalue weighted by molar-refractivity contribution is 0.0236. The molecule has 0 aromatic carbocycles. The largest absolute Gasteiger partial charge is 0.381 e. The molecule has 3 nitrogen and oxygen atoms in total. The highest BCUT2D eigenvalue weighted by Gasteiger charge is 2.26. The van der Waals surface area contributed by atoms with Crippen LogP contribution in [0.15, 0.2) is 0 Å². The molecule has 0 saturated carbocycles. The maximum Gasteiger partial charge on any atom is 0.0595 e. The zero-order valence-electron chi connectivity index (χ0n) is 11.3. The zero-order chi connectivity index (χ0) is 12.0. The minimum absolute atomic E-state index is 0.489. The number of rotatable bonds is 6. The fraction of sp³-hybridized carbons (Fsp3) is 1.00. The smallest absolute Gasteiger partial charge is 0.0595 e. The van der Waals surface area contributed by atoms with Crippen LogP contribution in [0.3, 0.4) is 0 Å². The monoisotopic (exact) mass is 228 g/mol. The van der Waals surface area contributed by atoms with E-state index in [9.17, 15) is 0 Å². The molecule has 1 heterocycles. The minimum atomic E-state index is 0.489. The van der Waals surface area contributed by atoms with Crippen LogP contribution in [0.4, 0.5) is 0 Å². The summed E-state index contributed by atoms with van der Waals surface area (Å²) >= 11 is 0. The number of hydrogen-bond donors (Lipinski definition) is 1. The Morgan fingerprint density at radius 3 is 2.38 bits per heavy atom. The van der Waals surface area contributed by atoms with Crippen molar-refractivity contribution in [2.45, 2.75) is 58.2 Å². The van der Waals surface area contributed by atoms with Crippen molar-refractivity contribution in [3.63, 3.8) is 0 Å². The lowest BCUT2D eigenvalue weighted by Gasteiger charge is -2.39. The lowest BCUT2D eigenvalue weighted by Crippen LogP contribution is -2.51. The highest BCUT2D eigenvalue weighted by atomic mass is 16.5. The number of piperidine rings is 1. The molecule has 1 saturated heterocycles. The van der Waals surface area contributed by atoms with Gasteiger partial charge in [-0.05, 0) is 32.7 Å². The first-order valence-electron chi connectivity index (χ1n) is 6.73. The molecular formula is C13H28N2O. The third kappa shape index (κ3) is 3.72. The normalized spacial score (nSPS) is 23.2. The third-order valence-corrected chi connectivity index (χ3v) is 3.87. The Kier molecular flexibility index (Phi) is 6.32. The van der Waals surface area contributed by atoms with Gasteiger partial charge in [0.1, 0.15) is 0 Å². The van der Waals surface area contributed by atoms with Crippen LogP contribution in [0.5, 0.6) is 0 Å². The minimum Gasteiger partial charge on any atom is -0.381 e. The van der Waals surface area contributed by atoms with Crippen molar-refractivity contribution < 1.29 is 4.74 Å². The maximum atomic E-state index is 5.41. The van der Waals surface area contributed by atoms with Gasteiger partial charge in [-0.2, -0.15) is 0 Å². The van der Waals surface area contributed by atoms with Crippen molar-refractivity contribution in [2.75, 3.05) is 26.7 Å². The highest BCUT2D eigenvalue weighted by Crippen LogP contribution is 2.17. The van der Waals surface area contributed by atoms with E-state index in [0.29, 0.717) is 18.2 Å². The Hall–Kier alpha value is -0.120. The van der Waals surface area contributed by atoms with Gasteiger partial charge in [-0.1, -0.05) is 13.8 Å². The second-order valence-corrected chi connectivity index (χ2v) is 4.78. The molecule has 0 aromatic rings. The average molecular weight is 228 g/mol. The van der Waals surface area contributed by atoms with E-state index in [1.54, 1.807) is 0 Å². The first-order valence-corrected chi connectivity index (χ1v) is 6.73. The van der Waals surface area contributed by atoms with Crippen LogP contribution in [0.1, 0.15) is 40.0 Å². The van der Waals surface area contributed by atoms with Gasteiger partial charge in [0.15, 0.2) is 0 Å². The first-order chi connectivity index (χ1) is 7.72. The summed E-state index contributed by atoms with van der Waals surface area (Å²) in [5.74, 6) is 0. The van der Waals surface area contributed by atoms with E-state index in [1.165, 1.54) is 32.4 Å². The van der Waals surface area contributed by atoms with Crippen LogP contribution in [-0.2, 0) is 4.74 Å². The molecule has 0 spiro atoms. The Labute approximate surface area is 101 Å². The third-order valence-electron chi connectivity index (χ3n) is 3.87. The van der Waals surface area contributed by atoms with Crippen molar-refractivity contribution in [1.82, 2.24) is 10.2 Å². The number of ether oxygens (including phenoxy) is 1. The van der Waals surface area contributed by atoms with Crippen LogP contribution >= 0.6 is 0 Å². The fourth-order valence-electron chi connectivity index (χ4n) is 2.69. The Bertz CT molecular complexity index is 179. The van der Waals surface area contributed by atoms with Gasteiger partial charge in [-0.25, -0.2) is 0 Å². The van der Waals surface area contributed by atoms with Crippen molar-refractivity contribution in [3.8, 4) is 0 Å². The molecule has 2 unspecified atom stereocenters. The summed E-state index contributed by atoms with van der Waals surface area (Å²) < 4.78 is 5.41. The van der Waals surface area contributed by atoms with Gasteiger partial charge < -0.3 is 10.1 Å². The highest BCUT2D eigenvalue weighted by molar-refractivity contribution is 4.83. The predicted molar refractivity (Wildman–Crippen MR) is 68.8 cm³/mol. The molecule has 1 N–H and O–H groups in total. The van der Waals surface area contributed by atoms with Gasteiger partial charge in [0.25, 0.3) is 0 Å². The standard InChI is InChI=1S/C13H28N2O/c1-5-13(14-6-2)11(3)15-9-7-12(16-4)8-10-15/h11-14H,5-10H2,1-4H3. The second kappa shape index (κ2) is 7.25. The topological polar surface area (TPSA) is 24.5 Å². The summed E-state index contributed by atoms with van der Waals surface area (Å²) in [6.45, 7) is 10.2. The average Bonchev–Trinajstić information content (AvgIpc) is 2.35. The summed E-state index contributed by atoms with van der Waals surface area (Å²) in [7, 11) is 1.83. The maximum absolute atomic E-state index is 5.41. The van der Waals surface area contributed by atoms with Crippen molar-refractivity contribution >= 4 is 0 Å². The summed E-state index contributed by atoms with van der Waals surface area (Å²) in [5.41, 5.74) is 0. The van der Waals surface area contributed by atoms with E-state index in [0.717, 1.165) is 6.54 Å². The second-order valence-electron chi connectivity index (χ2n) is 4.78. The molecule has 1 rings (SSSR count). The van der Waals surface area contributed by atoms with Gasteiger partial charge in [0.2, 0.25) is 0 Å². The molecule has 0 radical (unpaired) electrons. The molecule has 3 heteroatoms. The van der Waals surface area contributed by atoms with Crippen molar-refractivity contribution in [2.24, 2.45) is 0 Å². The van der Waals surface area contributed by atoms with Crippen LogP contribution in [-0.4, -0.2) is 49.8 Å². The number of likely N-dealkylation sites (N-methyl/N-ethyl adjacent to an activating group) is 1. The van der Waals surface area contributed by atoms with Crippen LogP contribution in [0.2, 0.25) is 0 Å². The summed E-state index contributed by atoms with van der Waals surface area (Å²) in [6.07, 6.45) is 4.06. The number of likely N-dealkylation sites (tertiary alicyclic amines) is 1. The number of nitrogens with one attached hydrogen (secondary N) is 1. The van der Waals surface area contributed by atoms with Crippen LogP contribution < -0.4 is 5.32 Å². The van der Waals surface area contributed by atoms with Gasteiger partial charge >= 0.3 is 0 Å². The van der Waals surface area contributed by atoms with Gasteiger partial charge in [0, 0.05) is 32.3 Å². The van der Waals surface area contributed by atoms with Gasteiger partial charge in [-0.15, -0.1) is 0 Å². The summed E-state index contributed by atoms with van der Waals surface area (Å²) in [4.78, 5) is 2.60. The van der Waals surface area contributed by atoms with Crippen molar-refractivity contribution in [1.29, 1.82) is 0 Å².